The van der Waals surface area contributed by atoms with Gasteiger partial charge in [0.1, 0.15) is 0 Å². The van der Waals surface area contributed by atoms with Gasteiger partial charge in [-0.05, 0) is 43.3 Å². The molecule has 0 bridgehead atoms. The van der Waals surface area contributed by atoms with Crippen molar-refractivity contribution in [2.24, 2.45) is 0 Å². The maximum absolute atomic E-state index is 13.1. The first-order chi connectivity index (χ1) is 14.5. The van der Waals surface area contributed by atoms with Crippen LogP contribution in [-0.4, -0.2) is 24.5 Å². The molecule has 6 nitrogen and oxygen atoms in total. The summed E-state index contributed by atoms with van der Waals surface area (Å²) in [4.78, 5) is 14.7. The summed E-state index contributed by atoms with van der Waals surface area (Å²) in [6.07, 6.45) is -5.04. The summed E-state index contributed by atoms with van der Waals surface area (Å²) in [6, 6.07) is 6.81. The number of aryl methyl sites for hydroxylation is 1. The number of sulfonamides is 1. The lowest BCUT2D eigenvalue weighted by atomic mass is 10.1. The Hall–Kier alpha value is -3.10. The van der Waals surface area contributed by atoms with Crippen molar-refractivity contribution in [2.75, 3.05) is 4.72 Å². The standard InChI is InChI=1S/C20H15F3N2O4S2/c1-12-24-17-11-15(7-9-18(17)30-12)31(28,29)25-16-8-6-14(20(21,22)23)10-13(16)4-2-3-5-19(26)27/h6-11,25H,3,5H2,1H3,(H,26,27). The van der Waals surface area contributed by atoms with Gasteiger partial charge in [0, 0.05) is 12.0 Å². The van der Waals surface area contributed by atoms with Crippen molar-refractivity contribution in [1.29, 1.82) is 0 Å². The smallest absolute Gasteiger partial charge is 0.416 e. The van der Waals surface area contributed by atoms with E-state index in [1.54, 1.807) is 13.0 Å². The molecule has 0 amide bonds. The molecule has 0 aliphatic carbocycles. The van der Waals surface area contributed by atoms with Crippen molar-refractivity contribution < 1.29 is 31.5 Å². The number of nitrogens with one attached hydrogen (secondary N) is 1. The summed E-state index contributed by atoms with van der Waals surface area (Å²) in [5.41, 5.74) is -0.872. The number of aliphatic carboxylic acids is 1. The van der Waals surface area contributed by atoms with E-state index in [1.807, 2.05) is 0 Å². The number of nitrogens with zero attached hydrogens (tertiary/aromatic N) is 1. The van der Waals surface area contributed by atoms with Gasteiger partial charge in [-0.1, -0.05) is 11.8 Å². The van der Waals surface area contributed by atoms with Gasteiger partial charge in [0.2, 0.25) is 0 Å². The fourth-order valence-corrected chi connectivity index (χ4v) is 4.54. The highest BCUT2D eigenvalue weighted by atomic mass is 32.2. The molecule has 0 aliphatic heterocycles. The quantitative estimate of drug-likeness (QED) is 0.532. The number of benzene rings is 2. The monoisotopic (exact) mass is 468 g/mol. The fraction of sp³-hybridized carbons (Fsp3) is 0.200. The summed E-state index contributed by atoms with van der Waals surface area (Å²) < 4.78 is 67.9. The lowest BCUT2D eigenvalue weighted by Crippen LogP contribution is -2.14. The zero-order valence-corrected chi connectivity index (χ0v) is 17.6. The predicted octanol–water partition coefficient (Wildman–Crippen LogP) is 4.64. The summed E-state index contributed by atoms with van der Waals surface area (Å²) in [6.45, 7) is 1.79. The Morgan fingerprint density at radius 3 is 2.65 bits per heavy atom. The van der Waals surface area contributed by atoms with E-state index in [0.717, 1.165) is 27.9 Å². The number of thiazole rings is 1. The van der Waals surface area contributed by atoms with Crippen molar-refractivity contribution in [3.8, 4) is 11.8 Å². The van der Waals surface area contributed by atoms with E-state index in [2.05, 4.69) is 21.5 Å². The first-order valence-corrected chi connectivity index (χ1v) is 11.1. The molecule has 0 atom stereocenters. The van der Waals surface area contributed by atoms with Crippen LogP contribution in [0.4, 0.5) is 18.9 Å². The molecule has 2 N–H and O–H groups in total. The normalized spacial score (nSPS) is 11.7. The van der Waals surface area contributed by atoms with E-state index in [-0.39, 0.29) is 29.0 Å². The molecule has 0 aliphatic rings. The fourth-order valence-electron chi connectivity index (χ4n) is 2.63. The number of halogens is 3. The Kier molecular flexibility index (Phi) is 6.24. The lowest BCUT2D eigenvalue weighted by molar-refractivity contribution is -0.138. The van der Waals surface area contributed by atoms with Crippen LogP contribution in [0.3, 0.4) is 0 Å². The van der Waals surface area contributed by atoms with Gasteiger partial charge in [-0.15, -0.1) is 11.3 Å². The SMILES string of the molecule is Cc1nc2cc(S(=O)(=O)Nc3ccc(C(F)(F)F)cc3C#CCCC(=O)O)ccc2s1. The van der Waals surface area contributed by atoms with Crippen LogP contribution in [0.2, 0.25) is 0 Å². The lowest BCUT2D eigenvalue weighted by Gasteiger charge is -2.13. The number of alkyl halides is 3. The molecule has 3 aromatic rings. The summed E-state index contributed by atoms with van der Waals surface area (Å²) >= 11 is 1.40. The second kappa shape index (κ2) is 8.56. The molecule has 0 saturated carbocycles. The Bertz CT molecular complexity index is 1320. The predicted molar refractivity (Wildman–Crippen MR) is 110 cm³/mol. The number of fused-ring (bicyclic) bond motifs is 1. The van der Waals surface area contributed by atoms with E-state index >= 15 is 0 Å². The Morgan fingerprint density at radius 1 is 1.23 bits per heavy atom. The second-order valence-corrected chi connectivity index (χ2v) is 9.34. The third-order valence-corrected chi connectivity index (χ3v) is 6.37. The van der Waals surface area contributed by atoms with Crippen molar-refractivity contribution in [3.63, 3.8) is 0 Å². The Balaban J connectivity index is 1.98. The Morgan fingerprint density at radius 2 is 1.97 bits per heavy atom. The molecule has 1 heterocycles. The number of carboxylic acids is 1. The van der Waals surface area contributed by atoms with Crippen LogP contribution < -0.4 is 4.72 Å². The van der Waals surface area contributed by atoms with E-state index < -0.39 is 27.7 Å². The number of aromatic nitrogens is 1. The maximum Gasteiger partial charge on any atom is 0.416 e. The summed E-state index contributed by atoms with van der Waals surface area (Å²) in [5.74, 6) is 3.80. The molecule has 3 rings (SSSR count). The molecule has 31 heavy (non-hydrogen) atoms. The molecular weight excluding hydrogens is 453 g/mol. The highest BCUT2D eigenvalue weighted by Crippen LogP contribution is 2.32. The topological polar surface area (TPSA) is 96.4 Å². The summed E-state index contributed by atoms with van der Waals surface area (Å²) in [5, 5.41) is 9.42. The first kappa shape index (κ1) is 22.6. The zero-order valence-electron chi connectivity index (χ0n) is 15.9. The van der Waals surface area contributed by atoms with Crippen molar-refractivity contribution in [3.05, 3.63) is 52.5 Å². The molecule has 2 aromatic carbocycles. The van der Waals surface area contributed by atoms with Gasteiger partial charge in [0.15, 0.2) is 0 Å². The van der Waals surface area contributed by atoms with Gasteiger partial charge >= 0.3 is 12.1 Å². The van der Waals surface area contributed by atoms with Crippen LogP contribution in [0.5, 0.6) is 0 Å². The average Bonchev–Trinajstić information content (AvgIpc) is 3.04. The zero-order chi connectivity index (χ0) is 22.8. The summed E-state index contributed by atoms with van der Waals surface area (Å²) in [7, 11) is -4.14. The van der Waals surface area contributed by atoms with Crippen LogP contribution in [0.1, 0.15) is 29.0 Å². The van der Waals surface area contributed by atoms with Gasteiger partial charge in [-0.2, -0.15) is 13.2 Å². The molecule has 162 valence electrons. The van der Waals surface area contributed by atoms with Crippen LogP contribution in [0.25, 0.3) is 10.2 Å². The van der Waals surface area contributed by atoms with Gasteiger partial charge in [-0.25, -0.2) is 13.4 Å². The highest BCUT2D eigenvalue weighted by molar-refractivity contribution is 7.92. The molecule has 0 radical (unpaired) electrons. The van der Waals surface area contributed by atoms with Crippen LogP contribution in [-0.2, 0) is 21.0 Å². The van der Waals surface area contributed by atoms with E-state index in [4.69, 9.17) is 5.11 Å². The molecule has 11 heteroatoms. The Labute approximate surface area is 179 Å². The van der Waals surface area contributed by atoms with E-state index in [9.17, 15) is 26.4 Å². The average molecular weight is 468 g/mol. The number of hydrogen-bond acceptors (Lipinski definition) is 5. The minimum absolute atomic E-state index is 0.0996. The first-order valence-electron chi connectivity index (χ1n) is 8.77. The largest absolute Gasteiger partial charge is 0.481 e. The molecule has 0 spiro atoms. The number of carbonyl (C=O) groups is 1. The molecule has 0 unspecified atom stereocenters. The van der Waals surface area contributed by atoms with Crippen LogP contribution in [0, 0.1) is 18.8 Å². The minimum Gasteiger partial charge on any atom is -0.481 e. The minimum atomic E-state index is -4.65. The second-order valence-electron chi connectivity index (χ2n) is 6.42. The van der Waals surface area contributed by atoms with Crippen LogP contribution in [0.15, 0.2) is 41.3 Å². The van der Waals surface area contributed by atoms with Gasteiger partial charge in [0.25, 0.3) is 10.0 Å². The molecular formula is C20H15F3N2O4S2. The van der Waals surface area contributed by atoms with Crippen molar-refractivity contribution in [2.45, 2.75) is 30.8 Å². The van der Waals surface area contributed by atoms with E-state index in [1.165, 1.54) is 23.5 Å². The third-order valence-electron chi connectivity index (χ3n) is 4.05. The number of carboxylic acid groups (broad SMARTS) is 1. The molecule has 1 aromatic heterocycles. The molecule has 0 saturated heterocycles. The van der Waals surface area contributed by atoms with Crippen LogP contribution >= 0.6 is 11.3 Å². The highest BCUT2D eigenvalue weighted by Gasteiger charge is 2.31. The molecule has 0 fully saturated rings. The van der Waals surface area contributed by atoms with Gasteiger partial charge < -0.3 is 5.11 Å². The van der Waals surface area contributed by atoms with Crippen molar-refractivity contribution >= 4 is 43.2 Å². The van der Waals surface area contributed by atoms with Crippen molar-refractivity contribution in [1.82, 2.24) is 4.98 Å². The maximum atomic E-state index is 13.1. The number of anilines is 1. The number of hydrogen-bond donors (Lipinski definition) is 2. The van der Waals surface area contributed by atoms with Gasteiger partial charge in [-0.3, -0.25) is 9.52 Å². The third kappa shape index (κ3) is 5.53. The number of rotatable bonds is 5. The van der Waals surface area contributed by atoms with E-state index in [0.29, 0.717) is 5.52 Å². The van der Waals surface area contributed by atoms with Gasteiger partial charge in [0.05, 0.1) is 37.8 Å².